The maximum Gasteiger partial charge on any atom is 0.436 e. The second kappa shape index (κ2) is 8.77. The third-order valence-electron chi connectivity index (χ3n) is 6.73. The van der Waals surface area contributed by atoms with Crippen LogP contribution in [0.1, 0.15) is 40.0 Å². The lowest BCUT2D eigenvalue weighted by Gasteiger charge is -2.50. The van der Waals surface area contributed by atoms with Gasteiger partial charge in [-0.25, -0.2) is 9.59 Å². The summed E-state index contributed by atoms with van der Waals surface area (Å²) in [7, 11) is 1.69. The molecule has 1 aliphatic carbocycles. The van der Waals surface area contributed by atoms with Crippen LogP contribution in [0.2, 0.25) is 0 Å². The van der Waals surface area contributed by atoms with E-state index >= 15 is 0 Å². The molecule has 1 aliphatic rings. The summed E-state index contributed by atoms with van der Waals surface area (Å²) >= 11 is 0. The Balaban J connectivity index is 1.28. The van der Waals surface area contributed by atoms with Crippen molar-refractivity contribution in [2.75, 3.05) is 7.05 Å². The number of nitrogens with one attached hydrogen (secondary N) is 1. The molecule has 12 heteroatoms. The molecule has 2 aromatic heterocycles. The first-order valence-electron chi connectivity index (χ1n) is 11.7. The molecular formula is C24H28N8O4. The molecule has 0 aliphatic heterocycles. The van der Waals surface area contributed by atoms with Crippen LogP contribution in [0.3, 0.4) is 0 Å². The van der Waals surface area contributed by atoms with Crippen LogP contribution in [0.25, 0.3) is 22.1 Å². The second-order valence-corrected chi connectivity index (χ2v) is 10.3. The van der Waals surface area contributed by atoms with Gasteiger partial charge in [0.2, 0.25) is 0 Å². The molecule has 0 saturated heterocycles. The number of aromatic nitrogens is 6. The molecule has 2 unspecified atom stereocenters. The summed E-state index contributed by atoms with van der Waals surface area (Å²) in [6.45, 7) is 6.21. The lowest BCUT2D eigenvalue weighted by Crippen LogP contribution is -2.59. The lowest BCUT2D eigenvalue weighted by molar-refractivity contribution is 0.00497. The molecule has 2 aromatic carbocycles. The molecular weight excluding hydrogens is 464 g/mol. The van der Waals surface area contributed by atoms with Gasteiger partial charge in [0.15, 0.2) is 0 Å². The number of amides is 2. The van der Waals surface area contributed by atoms with Crippen molar-refractivity contribution in [1.29, 1.82) is 0 Å². The fourth-order valence-electron chi connectivity index (χ4n) is 5.26. The summed E-state index contributed by atoms with van der Waals surface area (Å²) in [5.74, 6) is 0. The molecule has 5 rings (SSSR count). The van der Waals surface area contributed by atoms with E-state index in [2.05, 4.69) is 39.8 Å². The van der Waals surface area contributed by atoms with Crippen molar-refractivity contribution in [3.05, 3.63) is 48.5 Å². The molecule has 36 heavy (non-hydrogen) atoms. The minimum atomic E-state index is -0.644. The lowest BCUT2D eigenvalue weighted by atomic mass is 9.66. The minimum absolute atomic E-state index is 0.167. The zero-order valence-corrected chi connectivity index (χ0v) is 20.6. The van der Waals surface area contributed by atoms with E-state index in [-0.39, 0.29) is 11.5 Å². The number of rotatable bonds is 4. The summed E-state index contributed by atoms with van der Waals surface area (Å²) in [6, 6.07) is 14.2. The van der Waals surface area contributed by atoms with Crippen LogP contribution < -0.4 is 15.0 Å². The van der Waals surface area contributed by atoms with Gasteiger partial charge in [0.25, 0.3) is 0 Å². The number of carbonyl (C=O) groups is 2. The van der Waals surface area contributed by atoms with Crippen molar-refractivity contribution in [2.45, 2.75) is 51.6 Å². The highest BCUT2D eigenvalue weighted by Gasteiger charge is 2.46. The van der Waals surface area contributed by atoms with Crippen LogP contribution in [0, 0.1) is 5.41 Å². The molecule has 2 amide bonds. The normalized spacial score (nSPS) is 21.3. The van der Waals surface area contributed by atoms with E-state index < -0.39 is 17.7 Å². The van der Waals surface area contributed by atoms with E-state index in [4.69, 9.17) is 9.68 Å². The Bertz CT molecular complexity index is 1430. The number of hydrogen-bond donors (Lipinski definition) is 1. The largest absolute Gasteiger partial charge is 0.436 e. The van der Waals surface area contributed by atoms with Crippen LogP contribution in [-0.2, 0) is 0 Å². The molecule has 1 fully saturated rings. The Morgan fingerprint density at radius 2 is 1.47 bits per heavy atom. The highest BCUT2D eigenvalue weighted by molar-refractivity contribution is 5.76. The van der Waals surface area contributed by atoms with Gasteiger partial charge in [0.05, 0.1) is 0 Å². The number of hydrogen-bond acceptors (Lipinski definition) is 8. The number of nitrogens with zero attached hydrogens (tertiary/aromatic N) is 7. The van der Waals surface area contributed by atoms with Crippen molar-refractivity contribution in [1.82, 2.24) is 40.5 Å². The van der Waals surface area contributed by atoms with Crippen molar-refractivity contribution in [3.63, 3.8) is 0 Å². The van der Waals surface area contributed by atoms with E-state index in [1.54, 1.807) is 36.2 Å². The molecule has 2 atom stereocenters. The monoisotopic (exact) mass is 492 g/mol. The molecule has 0 radical (unpaired) electrons. The Morgan fingerprint density at radius 1 is 0.917 bits per heavy atom. The summed E-state index contributed by atoms with van der Waals surface area (Å²) in [5, 5.41) is 18.8. The zero-order chi connectivity index (χ0) is 25.5. The number of para-hydroxylation sites is 2. The van der Waals surface area contributed by atoms with Gasteiger partial charge in [0.1, 0.15) is 22.1 Å². The molecule has 12 nitrogen and oxygen atoms in total. The minimum Gasteiger partial charge on any atom is -0.317 e. The Morgan fingerprint density at radius 3 is 2.08 bits per heavy atom. The van der Waals surface area contributed by atoms with E-state index in [0.717, 1.165) is 9.69 Å². The molecule has 0 spiro atoms. The van der Waals surface area contributed by atoms with Gasteiger partial charge in [-0.3, -0.25) is 9.68 Å². The number of fused-ring (bicyclic) bond motifs is 2. The molecule has 2 heterocycles. The third-order valence-corrected chi connectivity index (χ3v) is 6.73. The predicted octanol–water partition coefficient (Wildman–Crippen LogP) is 2.83. The van der Waals surface area contributed by atoms with Gasteiger partial charge in [-0.2, -0.15) is 0 Å². The van der Waals surface area contributed by atoms with Gasteiger partial charge in [-0.15, -0.1) is 10.2 Å². The van der Waals surface area contributed by atoms with Gasteiger partial charge in [-0.05, 0) is 66.3 Å². The van der Waals surface area contributed by atoms with Crippen LogP contribution in [0.4, 0.5) is 9.59 Å². The van der Waals surface area contributed by atoms with Crippen LogP contribution >= 0.6 is 0 Å². The van der Waals surface area contributed by atoms with Crippen molar-refractivity contribution >= 4 is 34.3 Å². The summed E-state index contributed by atoms with van der Waals surface area (Å²) < 4.78 is 0. The average molecular weight is 493 g/mol. The first-order chi connectivity index (χ1) is 17.1. The van der Waals surface area contributed by atoms with Crippen molar-refractivity contribution < 1.29 is 19.3 Å². The Kier molecular flexibility index (Phi) is 5.73. The highest BCUT2D eigenvalue weighted by atomic mass is 16.7. The van der Waals surface area contributed by atoms with E-state index in [0.29, 0.717) is 41.3 Å². The maximum atomic E-state index is 13.1. The van der Waals surface area contributed by atoms with Gasteiger partial charge in [-0.1, -0.05) is 47.8 Å². The van der Waals surface area contributed by atoms with E-state index in [1.807, 2.05) is 31.2 Å². The molecule has 1 saturated carbocycles. The predicted molar refractivity (Wildman–Crippen MR) is 130 cm³/mol. The van der Waals surface area contributed by atoms with Gasteiger partial charge < -0.3 is 10.2 Å². The third kappa shape index (κ3) is 4.53. The SMILES string of the molecule is CN(C(=O)On1nnc2ccccc21)C1(C)CC(NC(=O)On2nnc3ccccc32)CC(C)(C)C1. The maximum absolute atomic E-state index is 13.1. The zero-order valence-electron chi connectivity index (χ0n) is 20.6. The molecule has 188 valence electrons. The van der Waals surface area contributed by atoms with Crippen molar-refractivity contribution in [3.8, 4) is 0 Å². The summed E-state index contributed by atoms with van der Waals surface area (Å²) in [4.78, 5) is 40.6. The average Bonchev–Trinajstić information content (AvgIpc) is 3.41. The van der Waals surface area contributed by atoms with Gasteiger partial charge in [0, 0.05) is 18.6 Å². The number of benzene rings is 2. The van der Waals surface area contributed by atoms with Gasteiger partial charge >= 0.3 is 12.2 Å². The summed E-state index contributed by atoms with van der Waals surface area (Å²) in [5.41, 5.74) is 1.66. The van der Waals surface area contributed by atoms with Crippen LogP contribution in [-0.4, -0.2) is 66.0 Å². The molecule has 0 bridgehead atoms. The highest BCUT2D eigenvalue weighted by Crippen LogP contribution is 2.43. The molecule has 1 N–H and O–H groups in total. The molecule has 4 aromatic rings. The second-order valence-electron chi connectivity index (χ2n) is 10.3. The number of carbonyl (C=O) groups excluding carboxylic acids is 2. The fourth-order valence-corrected chi connectivity index (χ4v) is 5.26. The van der Waals surface area contributed by atoms with E-state index in [9.17, 15) is 9.59 Å². The van der Waals surface area contributed by atoms with Crippen molar-refractivity contribution in [2.24, 2.45) is 5.41 Å². The Hall–Kier alpha value is -4.22. The first-order valence-corrected chi connectivity index (χ1v) is 11.7. The quantitative estimate of drug-likeness (QED) is 0.431. The topological polar surface area (TPSA) is 129 Å². The standard InChI is InChI=1S/C24H28N8O4/c1-23(2)13-16(25-21(33)35-31-19-11-7-5-9-17(19)26-28-31)14-24(3,15-23)30(4)22(34)36-32-20-12-8-6-10-18(20)27-29-32/h5-12,16H,13-15H2,1-4H3,(H,25,33). The van der Waals surface area contributed by atoms with E-state index in [1.165, 1.54) is 0 Å². The Labute approximate surface area is 207 Å². The smallest absolute Gasteiger partial charge is 0.317 e. The first kappa shape index (κ1) is 23.5. The van der Waals surface area contributed by atoms with Crippen LogP contribution in [0.15, 0.2) is 48.5 Å². The summed E-state index contributed by atoms with van der Waals surface area (Å²) in [6.07, 6.45) is 0.723. The van der Waals surface area contributed by atoms with Crippen LogP contribution in [0.5, 0.6) is 0 Å². The fraction of sp³-hybridized carbons (Fsp3) is 0.417.